The Morgan fingerprint density at radius 1 is 0.767 bits per heavy atom. The average molecular weight is 600 g/mol. The summed E-state index contributed by atoms with van der Waals surface area (Å²) < 4.78 is 35.1. The zero-order valence-corrected chi connectivity index (χ0v) is 25.2. The van der Waals surface area contributed by atoms with Crippen LogP contribution in [0.3, 0.4) is 0 Å². The number of hydrogen-bond acceptors (Lipinski definition) is 5. The summed E-state index contributed by atoms with van der Waals surface area (Å²) in [5.41, 5.74) is 1.92. The van der Waals surface area contributed by atoms with E-state index >= 15 is 0 Å². The third-order valence-corrected chi connectivity index (χ3v) is 8.64. The zero-order valence-electron chi connectivity index (χ0n) is 24.4. The van der Waals surface area contributed by atoms with Gasteiger partial charge in [0.15, 0.2) is 0 Å². The second kappa shape index (κ2) is 15.0. The van der Waals surface area contributed by atoms with E-state index in [4.69, 9.17) is 4.74 Å². The molecule has 8 nitrogen and oxygen atoms in total. The number of para-hydroxylation sites is 2. The number of ether oxygens (including phenoxy) is 1. The molecule has 0 spiro atoms. The smallest absolute Gasteiger partial charge is 0.264 e. The van der Waals surface area contributed by atoms with Crippen LogP contribution < -0.4 is 14.4 Å². The SMILES string of the molecule is CCNC(=O)C(Cc1ccccc1)N(Cc1ccccc1)C(=O)CN(c1ccccc1OCC)S(=O)(=O)c1ccccc1. The van der Waals surface area contributed by atoms with Crippen molar-refractivity contribution in [2.45, 2.75) is 37.8 Å². The molecule has 0 saturated heterocycles. The molecule has 0 aromatic heterocycles. The minimum absolute atomic E-state index is 0.0354. The molecule has 0 radical (unpaired) electrons. The fraction of sp³-hybridized carbons (Fsp3) is 0.235. The van der Waals surface area contributed by atoms with Gasteiger partial charge in [-0.2, -0.15) is 0 Å². The fourth-order valence-corrected chi connectivity index (χ4v) is 6.25. The van der Waals surface area contributed by atoms with Crippen molar-refractivity contribution in [2.24, 2.45) is 0 Å². The van der Waals surface area contributed by atoms with Gasteiger partial charge < -0.3 is 15.0 Å². The van der Waals surface area contributed by atoms with Gasteiger partial charge in [0.25, 0.3) is 10.0 Å². The first-order valence-corrected chi connectivity index (χ1v) is 15.7. The van der Waals surface area contributed by atoms with E-state index in [-0.39, 0.29) is 29.5 Å². The maximum Gasteiger partial charge on any atom is 0.264 e. The maximum atomic E-state index is 14.4. The van der Waals surface area contributed by atoms with Crippen LogP contribution >= 0.6 is 0 Å². The number of rotatable bonds is 14. The lowest BCUT2D eigenvalue weighted by Crippen LogP contribution is -2.53. The number of carbonyl (C=O) groups is 2. The van der Waals surface area contributed by atoms with E-state index in [0.29, 0.717) is 18.9 Å². The summed E-state index contributed by atoms with van der Waals surface area (Å²) in [6.45, 7) is 3.88. The molecule has 0 aliphatic heterocycles. The summed E-state index contributed by atoms with van der Waals surface area (Å²) in [7, 11) is -4.21. The molecule has 1 unspecified atom stereocenters. The highest BCUT2D eigenvalue weighted by atomic mass is 32.2. The summed E-state index contributed by atoms with van der Waals surface area (Å²) in [5.74, 6) is -0.513. The standard InChI is InChI=1S/C34H37N3O5S/c1-3-35-34(39)31(24-27-16-8-5-9-17-27)36(25-28-18-10-6-11-19-28)33(38)26-37(30-22-14-15-23-32(30)42-4-2)43(40,41)29-20-12-7-13-21-29/h5-23,31H,3-4,24-26H2,1-2H3,(H,35,39). The third-order valence-electron chi connectivity index (χ3n) is 6.86. The predicted octanol–water partition coefficient (Wildman–Crippen LogP) is 5.06. The van der Waals surface area contributed by atoms with Gasteiger partial charge in [-0.05, 0) is 49.2 Å². The third kappa shape index (κ3) is 8.02. The van der Waals surface area contributed by atoms with Gasteiger partial charge in [-0.3, -0.25) is 13.9 Å². The lowest BCUT2D eigenvalue weighted by Gasteiger charge is -2.34. The molecule has 1 atom stereocenters. The minimum atomic E-state index is -4.21. The molecule has 1 N–H and O–H groups in total. The molecule has 4 aromatic rings. The number of nitrogens with zero attached hydrogens (tertiary/aromatic N) is 2. The Morgan fingerprint density at radius 2 is 1.33 bits per heavy atom. The fourth-order valence-electron chi connectivity index (χ4n) is 4.80. The van der Waals surface area contributed by atoms with E-state index in [0.717, 1.165) is 15.4 Å². The zero-order chi connectivity index (χ0) is 30.7. The molecular weight excluding hydrogens is 562 g/mol. The van der Waals surface area contributed by atoms with Gasteiger partial charge in [-0.15, -0.1) is 0 Å². The first-order valence-electron chi connectivity index (χ1n) is 14.3. The van der Waals surface area contributed by atoms with E-state index in [1.165, 1.54) is 17.0 Å². The lowest BCUT2D eigenvalue weighted by atomic mass is 10.0. The molecule has 0 heterocycles. The normalized spacial score (nSPS) is 11.8. The van der Waals surface area contributed by atoms with Crippen LogP contribution in [0.4, 0.5) is 5.69 Å². The molecule has 4 aromatic carbocycles. The molecule has 4 rings (SSSR count). The number of anilines is 1. The molecule has 0 aliphatic carbocycles. The topological polar surface area (TPSA) is 96.0 Å². The van der Waals surface area contributed by atoms with Crippen molar-refractivity contribution in [3.05, 3.63) is 126 Å². The van der Waals surface area contributed by atoms with Crippen molar-refractivity contribution in [2.75, 3.05) is 24.0 Å². The number of benzene rings is 4. The number of likely N-dealkylation sites (N-methyl/N-ethyl adjacent to an activating group) is 1. The summed E-state index contributed by atoms with van der Waals surface area (Å²) in [6.07, 6.45) is 0.256. The van der Waals surface area contributed by atoms with Crippen LogP contribution in [0.1, 0.15) is 25.0 Å². The van der Waals surface area contributed by atoms with Crippen molar-refractivity contribution < 1.29 is 22.7 Å². The van der Waals surface area contributed by atoms with Crippen LogP contribution in [-0.4, -0.2) is 50.9 Å². The molecule has 224 valence electrons. The van der Waals surface area contributed by atoms with Crippen LogP contribution in [0, 0.1) is 0 Å². The number of nitrogens with one attached hydrogen (secondary N) is 1. The molecule has 43 heavy (non-hydrogen) atoms. The van der Waals surface area contributed by atoms with E-state index in [2.05, 4.69) is 5.32 Å². The molecule has 0 aliphatic rings. The van der Waals surface area contributed by atoms with Crippen LogP contribution in [0.25, 0.3) is 0 Å². The molecule has 0 bridgehead atoms. The number of amides is 2. The van der Waals surface area contributed by atoms with Gasteiger partial charge in [0, 0.05) is 19.5 Å². The van der Waals surface area contributed by atoms with Crippen molar-refractivity contribution in [3.8, 4) is 5.75 Å². The van der Waals surface area contributed by atoms with Crippen LogP contribution in [0.15, 0.2) is 120 Å². The van der Waals surface area contributed by atoms with Gasteiger partial charge in [0.05, 0.1) is 17.2 Å². The minimum Gasteiger partial charge on any atom is -0.492 e. The van der Waals surface area contributed by atoms with Crippen molar-refractivity contribution in [3.63, 3.8) is 0 Å². The summed E-state index contributed by atoms with van der Waals surface area (Å²) in [5, 5.41) is 2.87. The Morgan fingerprint density at radius 3 is 1.93 bits per heavy atom. The number of hydrogen-bond donors (Lipinski definition) is 1. The van der Waals surface area contributed by atoms with Crippen LogP contribution in [0.2, 0.25) is 0 Å². The lowest BCUT2D eigenvalue weighted by molar-refractivity contribution is -0.140. The summed E-state index contributed by atoms with van der Waals surface area (Å²) in [4.78, 5) is 29.5. The number of sulfonamides is 1. The first kappa shape index (κ1) is 31.3. The molecular formula is C34H37N3O5S. The molecule has 0 saturated carbocycles. The Kier molecular flexibility index (Phi) is 10.9. The van der Waals surface area contributed by atoms with Crippen LogP contribution in [-0.2, 0) is 32.6 Å². The average Bonchev–Trinajstić information content (AvgIpc) is 3.03. The molecule has 9 heteroatoms. The second-order valence-corrected chi connectivity index (χ2v) is 11.7. The highest BCUT2D eigenvalue weighted by molar-refractivity contribution is 7.92. The van der Waals surface area contributed by atoms with E-state index in [1.54, 1.807) is 49.4 Å². The molecule has 2 amide bonds. The van der Waals surface area contributed by atoms with E-state index in [1.807, 2.05) is 67.6 Å². The largest absolute Gasteiger partial charge is 0.492 e. The monoisotopic (exact) mass is 599 g/mol. The predicted molar refractivity (Wildman–Crippen MR) is 168 cm³/mol. The van der Waals surface area contributed by atoms with Gasteiger partial charge in [0.2, 0.25) is 11.8 Å². The molecule has 0 fully saturated rings. The van der Waals surface area contributed by atoms with Crippen LogP contribution in [0.5, 0.6) is 5.75 Å². The Labute approximate surface area is 254 Å². The van der Waals surface area contributed by atoms with E-state index in [9.17, 15) is 18.0 Å². The van der Waals surface area contributed by atoms with Gasteiger partial charge in [-0.1, -0.05) is 91.0 Å². The van der Waals surface area contributed by atoms with E-state index < -0.39 is 28.5 Å². The summed E-state index contributed by atoms with van der Waals surface area (Å²) >= 11 is 0. The Bertz CT molecular complexity index is 1580. The summed E-state index contributed by atoms with van der Waals surface area (Å²) in [6, 6.07) is 32.6. The Balaban J connectivity index is 1.81. The quantitative estimate of drug-likeness (QED) is 0.219. The van der Waals surface area contributed by atoms with Crippen molar-refractivity contribution in [1.82, 2.24) is 10.2 Å². The highest BCUT2D eigenvalue weighted by Gasteiger charge is 2.35. The van der Waals surface area contributed by atoms with Crippen molar-refractivity contribution in [1.29, 1.82) is 0 Å². The van der Waals surface area contributed by atoms with Crippen molar-refractivity contribution >= 4 is 27.5 Å². The van der Waals surface area contributed by atoms with Gasteiger partial charge >= 0.3 is 0 Å². The number of carbonyl (C=O) groups excluding carboxylic acids is 2. The first-order chi connectivity index (χ1) is 20.8. The van der Waals surface area contributed by atoms with Gasteiger partial charge in [-0.25, -0.2) is 8.42 Å². The van der Waals surface area contributed by atoms with Gasteiger partial charge in [0.1, 0.15) is 18.3 Å². The Hall–Kier alpha value is -4.63. The second-order valence-electron chi connectivity index (χ2n) is 9.83. The highest BCUT2D eigenvalue weighted by Crippen LogP contribution is 2.33. The maximum absolute atomic E-state index is 14.4.